The van der Waals surface area contributed by atoms with Crippen LogP contribution in [0.4, 0.5) is 4.39 Å². The maximum absolute atomic E-state index is 13.2. The first-order valence-electron chi connectivity index (χ1n) is 5.87. The van der Waals surface area contributed by atoms with Crippen LogP contribution in [-0.2, 0) is 0 Å². The van der Waals surface area contributed by atoms with Crippen molar-refractivity contribution in [2.75, 3.05) is 0 Å². The third-order valence-corrected chi connectivity index (χ3v) is 5.46. The number of fused-ring (bicyclic) bond motifs is 2. The van der Waals surface area contributed by atoms with E-state index in [9.17, 15) is 9.18 Å². The van der Waals surface area contributed by atoms with Gasteiger partial charge in [-0.3, -0.25) is 4.79 Å². The lowest BCUT2D eigenvalue weighted by atomic mass is 10.2. The van der Waals surface area contributed by atoms with Crippen LogP contribution in [0.3, 0.4) is 0 Å². The maximum Gasteiger partial charge on any atom is 0.268 e. The Balaban J connectivity index is 1.96. The summed E-state index contributed by atoms with van der Waals surface area (Å²) in [6.07, 6.45) is 1.40. The van der Waals surface area contributed by atoms with E-state index in [2.05, 4.69) is 9.97 Å². The predicted octanol–water partition coefficient (Wildman–Crippen LogP) is 4.01. The molecule has 0 spiro atoms. The highest BCUT2D eigenvalue weighted by Crippen LogP contribution is 2.38. The Morgan fingerprint density at radius 3 is 2.80 bits per heavy atom. The fraction of sp³-hybridized carbons (Fsp3) is 0. The summed E-state index contributed by atoms with van der Waals surface area (Å²) in [4.78, 5) is 20.4. The van der Waals surface area contributed by atoms with Gasteiger partial charge in [0.25, 0.3) is 5.56 Å². The maximum atomic E-state index is 13.2. The molecule has 0 atom stereocenters. The van der Waals surface area contributed by atoms with E-state index < -0.39 is 0 Å². The molecule has 0 aliphatic heterocycles. The molecule has 0 saturated heterocycles. The van der Waals surface area contributed by atoms with Crippen molar-refractivity contribution >= 4 is 43.0 Å². The fourth-order valence-electron chi connectivity index (χ4n) is 2.11. The molecule has 6 heteroatoms. The standard InChI is InChI=1S/C14H7FN2OS2/c15-8-2-1-7-3-11(19-10(7)4-8)12-5-9-13(20-12)14(18)17-6-16-9/h1-6H,(H,16,17,18). The van der Waals surface area contributed by atoms with Crippen molar-refractivity contribution in [1.29, 1.82) is 0 Å². The summed E-state index contributed by atoms with van der Waals surface area (Å²) in [5, 5.41) is 1.01. The lowest BCUT2D eigenvalue weighted by molar-refractivity contribution is 0.630. The Morgan fingerprint density at radius 1 is 1.10 bits per heavy atom. The van der Waals surface area contributed by atoms with Crippen LogP contribution in [0.2, 0.25) is 0 Å². The summed E-state index contributed by atoms with van der Waals surface area (Å²) < 4.78 is 14.7. The van der Waals surface area contributed by atoms with E-state index >= 15 is 0 Å². The van der Waals surface area contributed by atoms with Gasteiger partial charge in [0, 0.05) is 14.5 Å². The van der Waals surface area contributed by atoms with Crippen molar-refractivity contribution in [2.24, 2.45) is 0 Å². The van der Waals surface area contributed by atoms with Crippen LogP contribution in [0.25, 0.3) is 30.1 Å². The first kappa shape index (κ1) is 11.7. The van der Waals surface area contributed by atoms with Gasteiger partial charge in [-0.05, 0) is 29.7 Å². The Hall–Kier alpha value is -2.05. The largest absolute Gasteiger partial charge is 0.312 e. The van der Waals surface area contributed by atoms with E-state index in [1.807, 2.05) is 12.1 Å². The van der Waals surface area contributed by atoms with Crippen molar-refractivity contribution in [1.82, 2.24) is 9.97 Å². The van der Waals surface area contributed by atoms with E-state index in [0.29, 0.717) is 10.2 Å². The summed E-state index contributed by atoms with van der Waals surface area (Å²) >= 11 is 2.92. The Bertz CT molecular complexity index is 999. The van der Waals surface area contributed by atoms with Gasteiger partial charge >= 0.3 is 0 Å². The minimum atomic E-state index is -0.236. The zero-order valence-electron chi connectivity index (χ0n) is 10.0. The summed E-state index contributed by atoms with van der Waals surface area (Å²) in [5.41, 5.74) is 0.566. The molecule has 0 aliphatic rings. The number of halogens is 1. The number of hydrogen-bond donors (Lipinski definition) is 1. The molecule has 0 aliphatic carbocycles. The van der Waals surface area contributed by atoms with E-state index in [1.165, 1.54) is 41.1 Å². The molecule has 3 heterocycles. The molecule has 0 saturated carbocycles. The molecule has 4 rings (SSSR count). The summed E-state index contributed by atoms with van der Waals surface area (Å²) in [6, 6.07) is 8.66. The number of aromatic amines is 1. The highest BCUT2D eigenvalue weighted by atomic mass is 32.1. The van der Waals surface area contributed by atoms with Crippen molar-refractivity contribution in [2.45, 2.75) is 0 Å². The second-order valence-corrected chi connectivity index (χ2v) is 6.49. The van der Waals surface area contributed by atoms with Crippen molar-refractivity contribution < 1.29 is 4.39 Å². The van der Waals surface area contributed by atoms with Crippen LogP contribution in [0.5, 0.6) is 0 Å². The van der Waals surface area contributed by atoms with Crippen LogP contribution >= 0.6 is 22.7 Å². The fourth-order valence-corrected chi connectivity index (χ4v) is 4.28. The number of hydrogen-bond acceptors (Lipinski definition) is 4. The quantitative estimate of drug-likeness (QED) is 0.577. The summed E-state index contributed by atoms with van der Waals surface area (Å²) in [6.45, 7) is 0. The monoisotopic (exact) mass is 302 g/mol. The third-order valence-electron chi connectivity index (χ3n) is 3.04. The van der Waals surface area contributed by atoms with Gasteiger partial charge in [-0.15, -0.1) is 22.7 Å². The molecule has 0 unspecified atom stereocenters. The number of rotatable bonds is 1. The van der Waals surface area contributed by atoms with Gasteiger partial charge in [-0.2, -0.15) is 0 Å². The van der Waals surface area contributed by atoms with Crippen LogP contribution in [0.15, 0.2) is 41.5 Å². The Kier molecular flexibility index (Phi) is 2.48. The minimum Gasteiger partial charge on any atom is -0.312 e. The van der Waals surface area contributed by atoms with Gasteiger partial charge in [0.1, 0.15) is 10.5 Å². The van der Waals surface area contributed by atoms with Crippen molar-refractivity contribution in [3.8, 4) is 9.75 Å². The van der Waals surface area contributed by atoms with Gasteiger partial charge in [-0.1, -0.05) is 6.07 Å². The van der Waals surface area contributed by atoms with Crippen LogP contribution in [0, 0.1) is 5.82 Å². The number of thiophene rings is 2. The van der Waals surface area contributed by atoms with Gasteiger partial charge in [0.05, 0.1) is 11.8 Å². The van der Waals surface area contributed by atoms with Crippen LogP contribution in [-0.4, -0.2) is 9.97 Å². The summed E-state index contributed by atoms with van der Waals surface area (Å²) in [5.74, 6) is -0.236. The number of aromatic nitrogens is 2. The van der Waals surface area contributed by atoms with Crippen molar-refractivity contribution in [3.05, 3.63) is 52.8 Å². The molecule has 3 nitrogen and oxygen atoms in total. The molecular formula is C14H7FN2OS2. The summed E-state index contributed by atoms with van der Waals surface area (Å²) in [7, 11) is 0. The van der Waals surface area contributed by atoms with E-state index in [0.717, 1.165) is 19.8 Å². The van der Waals surface area contributed by atoms with Crippen molar-refractivity contribution in [3.63, 3.8) is 0 Å². The van der Waals surface area contributed by atoms with Gasteiger partial charge in [-0.25, -0.2) is 9.37 Å². The average molecular weight is 302 g/mol. The lowest BCUT2D eigenvalue weighted by Crippen LogP contribution is -2.02. The topological polar surface area (TPSA) is 45.8 Å². The molecule has 20 heavy (non-hydrogen) atoms. The molecule has 3 aromatic heterocycles. The zero-order valence-corrected chi connectivity index (χ0v) is 11.6. The smallest absolute Gasteiger partial charge is 0.268 e. The van der Waals surface area contributed by atoms with E-state index in [-0.39, 0.29) is 11.4 Å². The molecule has 0 fully saturated rings. The second-order valence-electron chi connectivity index (χ2n) is 4.35. The first-order chi connectivity index (χ1) is 9.70. The highest BCUT2D eigenvalue weighted by Gasteiger charge is 2.11. The molecular weight excluding hydrogens is 295 g/mol. The minimum absolute atomic E-state index is 0.126. The molecule has 0 amide bonds. The van der Waals surface area contributed by atoms with Crippen LogP contribution < -0.4 is 5.56 Å². The molecule has 4 aromatic rings. The SMILES string of the molecule is O=c1[nH]cnc2cc(-c3cc4ccc(F)cc4s3)sc12. The third kappa shape index (κ3) is 1.76. The molecule has 0 bridgehead atoms. The molecule has 0 radical (unpaired) electrons. The Morgan fingerprint density at radius 2 is 1.95 bits per heavy atom. The van der Waals surface area contributed by atoms with E-state index in [1.54, 1.807) is 6.07 Å². The highest BCUT2D eigenvalue weighted by molar-refractivity contribution is 7.28. The zero-order chi connectivity index (χ0) is 13.7. The van der Waals surface area contributed by atoms with Gasteiger partial charge in [0.15, 0.2) is 0 Å². The van der Waals surface area contributed by atoms with E-state index in [4.69, 9.17) is 0 Å². The normalized spacial score (nSPS) is 11.4. The van der Waals surface area contributed by atoms with Gasteiger partial charge in [0.2, 0.25) is 0 Å². The number of benzene rings is 1. The number of nitrogens with one attached hydrogen (secondary N) is 1. The molecule has 1 aromatic carbocycles. The van der Waals surface area contributed by atoms with Crippen LogP contribution in [0.1, 0.15) is 0 Å². The first-order valence-corrected chi connectivity index (χ1v) is 7.51. The molecule has 1 N–H and O–H groups in total. The second kappa shape index (κ2) is 4.22. The number of nitrogens with zero attached hydrogens (tertiary/aromatic N) is 1. The lowest BCUT2D eigenvalue weighted by Gasteiger charge is -1.87. The average Bonchev–Trinajstić information content (AvgIpc) is 3.01. The molecule has 98 valence electrons. The Labute approximate surface area is 120 Å². The number of H-pyrrole nitrogens is 1. The predicted molar refractivity (Wildman–Crippen MR) is 81.0 cm³/mol. The van der Waals surface area contributed by atoms with Gasteiger partial charge < -0.3 is 4.98 Å².